The molecule has 0 saturated carbocycles. The van der Waals surface area contributed by atoms with E-state index in [4.69, 9.17) is 0 Å². The van der Waals surface area contributed by atoms with Crippen LogP contribution in [0.15, 0.2) is 103 Å². The van der Waals surface area contributed by atoms with Crippen molar-refractivity contribution in [2.75, 3.05) is 4.90 Å². The lowest BCUT2D eigenvalue weighted by molar-refractivity contribution is -0.384. The Morgan fingerprint density at radius 1 is 0.870 bits per heavy atom. The molecule has 2 aliphatic rings. The molecule has 2 heterocycles. The summed E-state index contributed by atoms with van der Waals surface area (Å²) in [6.07, 6.45) is 3.70. The van der Waals surface area contributed by atoms with Gasteiger partial charge in [-0.3, -0.25) is 34.6 Å². The van der Waals surface area contributed by atoms with Gasteiger partial charge in [-0.25, -0.2) is 4.90 Å². The summed E-state index contributed by atoms with van der Waals surface area (Å²) in [6, 6.07) is 27.8. The first-order chi connectivity index (χ1) is 22.1. The number of aliphatic carboxylic acids is 1. The van der Waals surface area contributed by atoms with E-state index in [1.165, 1.54) is 55.5 Å². The molecule has 0 spiro atoms. The Balaban J connectivity index is 1.40. The van der Waals surface area contributed by atoms with E-state index >= 15 is 0 Å². The summed E-state index contributed by atoms with van der Waals surface area (Å²) < 4.78 is 0. The first-order valence-electron chi connectivity index (χ1n) is 14.7. The van der Waals surface area contributed by atoms with Crippen LogP contribution in [0.4, 0.5) is 11.4 Å². The average molecular weight is 616 g/mol. The number of imide groups is 1. The molecule has 4 unspecified atom stereocenters. The van der Waals surface area contributed by atoms with Crippen LogP contribution in [0.5, 0.6) is 0 Å². The molecule has 0 aromatic heterocycles. The molecule has 4 aromatic rings. The predicted octanol–water partition coefficient (Wildman–Crippen LogP) is 5.48. The lowest BCUT2D eigenvalue weighted by Gasteiger charge is -2.31. The number of fused-ring (bicyclic) bond motifs is 1. The highest BCUT2D eigenvalue weighted by Crippen LogP contribution is 2.51. The number of nitrogens with one attached hydrogen (secondary N) is 1. The van der Waals surface area contributed by atoms with Gasteiger partial charge >= 0.3 is 5.97 Å². The maximum atomic E-state index is 14.2. The smallest absolute Gasteiger partial charge is 0.325 e. The van der Waals surface area contributed by atoms with E-state index in [2.05, 4.69) is 5.32 Å². The van der Waals surface area contributed by atoms with Gasteiger partial charge in [-0.15, -0.1) is 0 Å². The number of non-ortho nitro benzene ring substituents is 1. The van der Waals surface area contributed by atoms with E-state index in [1.54, 1.807) is 0 Å². The highest BCUT2D eigenvalue weighted by molar-refractivity contribution is 6.24. The van der Waals surface area contributed by atoms with Crippen molar-refractivity contribution in [1.82, 2.24) is 5.32 Å². The van der Waals surface area contributed by atoms with Crippen LogP contribution < -0.4 is 10.2 Å². The van der Waals surface area contributed by atoms with Crippen molar-refractivity contribution >= 4 is 47.1 Å². The molecule has 0 bridgehead atoms. The number of hydrogen-bond acceptors (Lipinski definition) is 7. The zero-order chi connectivity index (χ0) is 32.6. The normalized spacial score (nSPS) is 22.3. The number of rotatable bonds is 9. The molecule has 10 nitrogen and oxygen atoms in total. The largest absolute Gasteiger partial charge is 0.480 e. The van der Waals surface area contributed by atoms with Crippen molar-refractivity contribution in [3.8, 4) is 0 Å². The molecule has 4 atom stereocenters. The summed E-state index contributed by atoms with van der Waals surface area (Å²) in [5.74, 6) is -5.07. The first-order valence-corrected chi connectivity index (χ1v) is 14.7. The Bertz CT molecular complexity index is 1870. The second-order valence-electron chi connectivity index (χ2n) is 11.5. The summed E-state index contributed by atoms with van der Waals surface area (Å²) in [6.45, 7) is 1.41. The number of amides is 2. The number of hydrogen-bond donors (Lipinski definition) is 2. The molecule has 6 rings (SSSR count). The summed E-state index contributed by atoms with van der Waals surface area (Å²) in [7, 11) is 0. The molecule has 46 heavy (non-hydrogen) atoms. The van der Waals surface area contributed by atoms with Crippen molar-refractivity contribution in [2.45, 2.75) is 24.9 Å². The zero-order valence-corrected chi connectivity index (χ0v) is 24.7. The van der Waals surface area contributed by atoms with Crippen molar-refractivity contribution in [3.05, 3.63) is 141 Å². The van der Waals surface area contributed by atoms with Crippen LogP contribution in [0, 0.1) is 22.0 Å². The van der Waals surface area contributed by atoms with Crippen LogP contribution in [-0.4, -0.2) is 39.1 Å². The number of Topliss-reactive ketones (excluding diaryl/α,β-unsaturated/α-hetero) is 1. The van der Waals surface area contributed by atoms with Gasteiger partial charge in [0.15, 0.2) is 5.78 Å². The quantitative estimate of drug-likeness (QED) is 0.0827. The Morgan fingerprint density at radius 2 is 1.48 bits per heavy atom. The SMILES string of the molecule is CC(=O)c1ccc(N2C(=O)C3C(c4ccc(/C=C/c5ccccc5)cc4)NC(Cc4ccc([N+](=O)[O-])cc4)(C(=O)O)C3C2=O)cc1. The third-order valence-electron chi connectivity index (χ3n) is 8.76. The number of carbonyl (C=O) groups is 4. The van der Waals surface area contributed by atoms with Gasteiger partial charge in [0.25, 0.3) is 5.69 Å². The maximum Gasteiger partial charge on any atom is 0.325 e. The third kappa shape index (κ3) is 5.39. The fraction of sp³-hybridized carbons (Fsp3) is 0.167. The Labute approximate surface area is 264 Å². The molecule has 4 aromatic carbocycles. The molecule has 0 radical (unpaired) electrons. The van der Waals surface area contributed by atoms with E-state index in [9.17, 15) is 34.4 Å². The highest BCUT2D eigenvalue weighted by Gasteiger charge is 2.68. The van der Waals surface area contributed by atoms with E-state index in [0.29, 0.717) is 16.7 Å². The fourth-order valence-electron chi connectivity index (χ4n) is 6.45. The number of nitro benzene ring substituents is 1. The lowest BCUT2D eigenvalue weighted by atomic mass is 9.76. The monoisotopic (exact) mass is 615 g/mol. The Hall–Kier alpha value is -5.74. The number of anilines is 1. The van der Waals surface area contributed by atoms with Crippen LogP contribution in [-0.2, 0) is 20.8 Å². The molecule has 2 amide bonds. The topological polar surface area (TPSA) is 147 Å². The number of carboxylic acid groups (broad SMARTS) is 1. The number of nitrogens with zero attached hydrogens (tertiary/aromatic N) is 2. The number of ketones is 1. The molecule has 2 fully saturated rings. The van der Waals surface area contributed by atoms with E-state index in [0.717, 1.165) is 16.0 Å². The van der Waals surface area contributed by atoms with E-state index < -0.39 is 46.1 Å². The van der Waals surface area contributed by atoms with Crippen LogP contribution >= 0.6 is 0 Å². The average Bonchev–Trinajstić information content (AvgIpc) is 3.54. The minimum atomic E-state index is -1.90. The highest BCUT2D eigenvalue weighted by atomic mass is 16.6. The van der Waals surface area contributed by atoms with Crippen LogP contribution in [0.2, 0.25) is 0 Å². The van der Waals surface area contributed by atoms with Crippen LogP contribution in [0.3, 0.4) is 0 Å². The molecular formula is C36H29N3O7. The molecule has 2 N–H and O–H groups in total. The minimum absolute atomic E-state index is 0.156. The molecule has 2 aliphatic heterocycles. The lowest BCUT2D eigenvalue weighted by Crippen LogP contribution is -2.57. The van der Waals surface area contributed by atoms with Gasteiger partial charge in [0, 0.05) is 30.2 Å². The summed E-state index contributed by atoms with van der Waals surface area (Å²) >= 11 is 0. The van der Waals surface area contributed by atoms with Gasteiger partial charge in [-0.05, 0) is 53.4 Å². The standard InChI is InChI=1S/C36H29N3O7/c1-22(40)26-15-19-28(20-16-26)38-33(41)30-31(34(38)42)36(35(43)44,21-25-11-17-29(18-12-25)39(45)46)37-32(30)27-13-9-24(10-14-27)8-7-23-5-3-2-4-6-23/h2-20,30-32,37H,21H2,1H3,(H,43,44)/b8-7+. The number of carbonyl (C=O) groups excluding carboxylic acids is 3. The first kappa shape index (κ1) is 30.3. The second-order valence-corrected chi connectivity index (χ2v) is 11.5. The van der Waals surface area contributed by atoms with Crippen molar-refractivity contribution < 1.29 is 29.2 Å². The zero-order valence-electron chi connectivity index (χ0n) is 24.7. The minimum Gasteiger partial charge on any atom is -0.480 e. The maximum absolute atomic E-state index is 14.2. The number of carboxylic acids is 1. The summed E-state index contributed by atoms with van der Waals surface area (Å²) in [5.41, 5.74) is 1.58. The third-order valence-corrected chi connectivity index (χ3v) is 8.76. The van der Waals surface area contributed by atoms with Crippen LogP contribution in [0.1, 0.15) is 45.6 Å². The van der Waals surface area contributed by atoms with Crippen molar-refractivity contribution in [2.24, 2.45) is 11.8 Å². The molecule has 0 aliphatic carbocycles. The molecule has 230 valence electrons. The molecular weight excluding hydrogens is 586 g/mol. The van der Waals surface area contributed by atoms with Gasteiger partial charge < -0.3 is 5.11 Å². The van der Waals surface area contributed by atoms with Gasteiger partial charge in [-0.1, -0.05) is 78.9 Å². The van der Waals surface area contributed by atoms with Crippen molar-refractivity contribution in [3.63, 3.8) is 0 Å². The predicted molar refractivity (Wildman–Crippen MR) is 171 cm³/mol. The van der Waals surface area contributed by atoms with Gasteiger partial charge in [0.1, 0.15) is 5.54 Å². The van der Waals surface area contributed by atoms with Crippen molar-refractivity contribution in [1.29, 1.82) is 0 Å². The van der Waals surface area contributed by atoms with E-state index in [-0.39, 0.29) is 23.6 Å². The molecule has 2 saturated heterocycles. The van der Waals surface area contributed by atoms with Gasteiger partial charge in [-0.2, -0.15) is 0 Å². The summed E-state index contributed by atoms with van der Waals surface area (Å²) in [5, 5.41) is 25.2. The van der Waals surface area contributed by atoms with E-state index in [1.807, 2.05) is 66.7 Å². The number of benzene rings is 4. The van der Waals surface area contributed by atoms with Gasteiger partial charge in [0.2, 0.25) is 11.8 Å². The van der Waals surface area contributed by atoms with Crippen LogP contribution in [0.25, 0.3) is 12.2 Å². The second kappa shape index (κ2) is 12.0. The Kier molecular flexibility index (Phi) is 7.89. The van der Waals surface area contributed by atoms with Gasteiger partial charge in [0.05, 0.1) is 22.4 Å². The molecule has 10 heteroatoms. The fourth-order valence-corrected chi connectivity index (χ4v) is 6.45. The number of nitro groups is 1. The Morgan fingerprint density at radius 3 is 2.04 bits per heavy atom. The summed E-state index contributed by atoms with van der Waals surface area (Å²) in [4.78, 5) is 65.0.